The van der Waals surface area contributed by atoms with Crippen molar-refractivity contribution in [2.75, 3.05) is 7.11 Å². The van der Waals surface area contributed by atoms with E-state index in [0.29, 0.717) is 0 Å². The van der Waals surface area contributed by atoms with Gasteiger partial charge >= 0.3 is 5.97 Å². The van der Waals surface area contributed by atoms with E-state index in [4.69, 9.17) is 14.6 Å². The van der Waals surface area contributed by atoms with Gasteiger partial charge in [-0.05, 0) is 24.3 Å². The summed E-state index contributed by atoms with van der Waals surface area (Å²) in [5, 5.41) is 8.82. The Morgan fingerprint density at radius 1 is 1.10 bits per heavy atom. The van der Waals surface area contributed by atoms with Crippen LogP contribution in [-0.4, -0.2) is 18.2 Å². The molecule has 1 N–H and O–H groups in total. The summed E-state index contributed by atoms with van der Waals surface area (Å²) in [7, 11) is 1.30. The highest BCUT2D eigenvalue weighted by Gasteiger charge is 2.17. The van der Waals surface area contributed by atoms with Crippen molar-refractivity contribution < 1.29 is 28.2 Å². The van der Waals surface area contributed by atoms with Crippen molar-refractivity contribution in [1.82, 2.24) is 0 Å². The molecule has 4 nitrogen and oxygen atoms in total. The largest absolute Gasteiger partial charge is 0.493 e. The van der Waals surface area contributed by atoms with Gasteiger partial charge in [-0.2, -0.15) is 0 Å². The molecular weight excluding hydrogens is 270 g/mol. The fraction of sp³-hybridized carbons (Fsp3) is 0.0714. The molecule has 104 valence electrons. The molecule has 2 aromatic rings. The summed E-state index contributed by atoms with van der Waals surface area (Å²) in [6.07, 6.45) is 0. The van der Waals surface area contributed by atoms with E-state index in [2.05, 4.69) is 0 Å². The quantitative estimate of drug-likeness (QED) is 0.931. The Hall–Kier alpha value is -2.63. The maximum atomic E-state index is 13.6. The van der Waals surface area contributed by atoms with Gasteiger partial charge in [0.25, 0.3) is 0 Å². The number of methoxy groups -OCH3 is 1. The van der Waals surface area contributed by atoms with E-state index in [1.54, 1.807) is 0 Å². The molecule has 0 spiro atoms. The molecule has 0 aliphatic heterocycles. The first-order valence-corrected chi connectivity index (χ1v) is 5.55. The van der Waals surface area contributed by atoms with E-state index in [9.17, 15) is 13.6 Å². The Bertz CT molecular complexity index is 638. The van der Waals surface area contributed by atoms with Gasteiger partial charge in [-0.25, -0.2) is 13.6 Å². The van der Waals surface area contributed by atoms with Gasteiger partial charge in [0.1, 0.15) is 17.4 Å². The van der Waals surface area contributed by atoms with Crippen LogP contribution in [-0.2, 0) is 0 Å². The number of rotatable bonds is 4. The summed E-state index contributed by atoms with van der Waals surface area (Å²) in [6.45, 7) is 0. The number of benzene rings is 2. The third-order valence-corrected chi connectivity index (χ3v) is 2.53. The lowest BCUT2D eigenvalue weighted by molar-refractivity contribution is 0.0691. The van der Waals surface area contributed by atoms with Crippen molar-refractivity contribution in [3.63, 3.8) is 0 Å². The minimum absolute atomic E-state index is 0.00149. The van der Waals surface area contributed by atoms with E-state index in [0.717, 1.165) is 12.1 Å². The molecule has 0 saturated carbocycles. The first-order valence-electron chi connectivity index (χ1n) is 5.55. The monoisotopic (exact) mass is 280 g/mol. The van der Waals surface area contributed by atoms with Gasteiger partial charge in [0.15, 0.2) is 11.5 Å². The average Bonchev–Trinajstić information content (AvgIpc) is 2.41. The molecule has 0 atom stereocenters. The zero-order valence-corrected chi connectivity index (χ0v) is 10.4. The third-order valence-electron chi connectivity index (χ3n) is 2.53. The predicted octanol–water partition coefficient (Wildman–Crippen LogP) is 3.46. The van der Waals surface area contributed by atoms with E-state index < -0.39 is 23.2 Å². The lowest BCUT2D eigenvalue weighted by Gasteiger charge is -2.11. The molecule has 0 aliphatic rings. The Labute approximate surface area is 113 Å². The summed E-state index contributed by atoms with van der Waals surface area (Å²) in [5.41, 5.74) is -0.520. The third kappa shape index (κ3) is 2.85. The molecule has 6 heteroatoms. The summed E-state index contributed by atoms with van der Waals surface area (Å²) >= 11 is 0. The van der Waals surface area contributed by atoms with Gasteiger partial charge in [0.05, 0.1) is 12.7 Å². The Kier molecular flexibility index (Phi) is 3.84. The van der Waals surface area contributed by atoms with E-state index >= 15 is 0 Å². The lowest BCUT2D eigenvalue weighted by Crippen LogP contribution is -2.02. The van der Waals surface area contributed by atoms with Crippen LogP contribution in [0.5, 0.6) is 17.2 Å². The minimum Gasteiger partial charge on any atom is -0.493 e. The fourth-order valence-corrected chi connectivity index (χ4v) is 1.57. The molecule has 0 radical (unpaired) electrons. The maximum absolute atomic E-state index is 13.6. The second-order valence-electron chi connectivity index (χ2n) is 3.84. The summed E-state index contributed by atoms with van der Waals surface area (Å²) in [6, 6.07) is 7.02. The first-order chi connectivity index (χ1) is 9.51. The van der Waals surface area contributed by atoms with Crippen LogP contribution in [0.1, 0.15) is 10.4 Å². The molecule has 0 aliphatic carbocycles. The Morgan fingerprint density at radius 3 is 2.30 bits per heavy atom. The van der Waals surface area contributed by atoms with E-state index in [-0.39, 0.29) is 17.2 Å². The van der Waals surface area contributed by atoms with Gasteiger partial charge in [-0.15, -0.1) is 0 Å². The minimum atomic E-state index is -1.41. The summed E-state index contributed by atoms with van der Waals surface area (Å²) < 4.78 is 36.7. The predicted molar refractivity (Wildman–Crippen MR) is 66.4 cm³/mol. The number of ether oxygens (including phenoxy) is 2. The van der Waals surface area contributed by atoms with Crippen LogP contribution in [0.25, 0.3) is 0 Å². The zero-order chi connectivity index (χ0) is 14.7. The molecular formula is C14H10F2O4. The number of halogens is 2. The van der Waals surface area contributed by atoms with Gasteiger partial charge in [0, 0.05) is 12.1 Å². The smallest absolute Gasteiger partial charge is 0.338 e. The fourth-order valence-electron chi connectivity index (χ4n) is 1.57. The summed E-state index contributed by atoms with van der Waals surface area (Å²) in [5.74, 6) is -2.46. The molecule has 0 aromatic heterocycles. The number of carboxylic acids is 1. The second-order valence-corrected chi connectivity index (χ2v) is 3.84. The molecule has 0 bridgehead atoms. The van der Waals surface area contributed by atoms with Gasteiger partial charge in [-0.1, -0.05) is 0 Å². The zero-order valence-electron chi connectivity index (χ0n) is 10.4. The molecule has 0 fully saturated rings. The van der Waals surface area contributed by atoms with Crippen LogP contribution in [0.3, 0.4) is 0 Å². The van der Waals surface area contributed by atoms with Gasteiger partial charge in [-0.3, -0.25) is 0 Å². The normalized spacial score (nSPS) is 10.2. The maximum Gasteiger partial charge on any atom is 0.338 e. The molecule has 2 aromatic carbocycles. The van der Waals surface area contributed by atoms with Crippen molar-refractivity contribution in [2.24, 2.45) is 0 Å². The van der Waals surface area contributed by atoms with Crippen molar-refractivity contribution in [3.05, 3.63) is 53.6 Å². The van der Waals surface area contributed by atoms with Crippen LogP contribution in [0, 0.1) is 11.6 Å². The highest BCUT2D eigenvalue weighted by molar-refractivity contribution is 5.88. The van der Waals surface area contributed by atoms with Crippen LogP contribution < -0.4 is 9.47 Å². The lowest BCUT2D eigenvalue weighted by atomic mass is 10.2. The average molecular weight is 280 g/mol. The number of carboxylic acid groups (broad SMARTS) is 1. The Morgan fingerprint density at radius 2 is 1.75 bits per heavy atom. The molecule has 2 rings (SSSR count). The number of carbonyl (C=O) groups is 1. The van der Waals surface area contributed by atoms with Crippen LogP contribution in [0.4, 0.5) is 8.78 Å². The molecule has 0 heterocycles. The van der Waals surface area contributed by atoms with Crippen molar-refractivity contribution in [3.8, 4) is 17.2 Å². The standard InChI is InChI=1S/C14H10F2O4/c1-19-12-6-10(14(17)18)11(16)7-13(12)20-9-4-2-8(15)3-5-9/h2-7H,1H3,(H,17,18). The van der Waals surface area contributed by atoms with Crippen LogP contribution in [0.2, 0.25) is 0 Å². The molecule has 20 heavy (non-hydrogen) atoms. The number of aromatic carboxylic acids is 1. The summed E-state index contributed by atoms with van der Waals surface area (Å²) in [4.78, 5) is 10.8. The van der Waals surface area contributed by atoms with Crippen LogP contribution in [0.15, 0.2) is 36.4 Å². The van der Waals surface area contributed by atoms with Crippen LogP contribution >= 0.6 is 0 Å². The SMILES string of the molecule is COc1cc(C(=O)O)c(F)cc1Oc1ccc(F)cc1. The first kappa shape index (κ1) is 13.8. The van der Waals surface area contributed by atoms with E-state index in [1.165, 1.54) is 31.4 Å². The highest BCUT2D eigenvalue weighted by atomic mass is 19.1. The van der Waals surface area contributed by atoms with Gasteiger partial charge < -0.3 is 14.6 Å². The highest BCUT2D eigenvalue weighted by Crippen LogP contribution is 2.33. The van der Waals surface area contributed by atoms with Gasteiger partial charge in [0.2, 0.25) is 0 Å². The van der Waals surface area contributed by atoms with Crippen molar-refractivity contribution >= 4 is 5.97 Å². The molecule has 0 amide bonds. The molecule has 0 unspecified atom stereocenters. The van der Waals surface area contributed by atoms with Crippen molar-refractivity contribution in [2.45, 2.75) is 0 Å². The topological polar surface area (TPSA) is 55.8 Å². The van der Waals surface area contributed by atoms with E-state index in [1.807, 2.05) is 0 Å². The van der Waals surface area contributed by atoms with Crippen molar-refractivity contribution in [1.29, 1.82) is 0 Å². The number of hydrogen-bond acceptors (Lipinski definition) is 3. The molecule has 0 saturated heterocycles. The Balaban J connectivity index is 2.38. The number of hydrogen-bond donors (Lipinski definition) is 1. The second kappa shape index (κ2) is 5.56.